The molecule has 1 aromatic rings. The largest absolute Gasteiger partial charge is 0.333 e. The molecule has 0 amide bonds. The molecule has 1 rings (SSSR count). The van der Waals surface area contributed by atoms with Gasteiger partial charge in [-0.3, -0.25) is 4.90 Å². The van der Waals surface area contributed by atoms with Gasteiger partial charge in [0.25, 0.3) is 0 Å². The number of rotatable bonds is 4. The van der Waals surface area contributed by atoms with E-state index in [9.17, 15) is 8.78 Å². The highest BCUT2D eigenvalue weighted by Gasteiger charge is 2.13. The normalized spacial score (nSPS) is 12.0. The van der Waals surface area contributed by atoms with Gasteiger partial charge in [0.05, 0.1) is 5.69 Å². The van der Waals surface area contributed by atoms with Gasteiger partial charge in [-0.2, -0.15) is 13.9 Å². The summed E-state index contributed by atoms with van der Waals surface area (Å²) in [6, 6.07) is 1.95. The highest BCUT2D eigenvalue weighted by atomic mass is 19.3. The van der Waals surface area contributed by atoms with Crippen LogP contribution in [0, 0.1) is 0 Å². The first-order valence-corrected chi connectivity index (χ1v) is 4.53. The van der Waals surface area contributed by atoms with Crippen LogP contribution in [0.4, 0.5) is 8.78 Å². The van der Waals surface area contributed by atoms with Crippen molar-refractivity contribution in [2.75, 3.05) is 7.05 Å². The predicted octanol–water partition coefficient (Wildman–Crippen LogP) is 2.12. The number of nitrogens with zero attached hydrogens (tertiary/aromatic N) is 3. The molecule has 1 heterocycles. The van der Waals surface area contributed by atoms with Crippen LogP contribution in [0.2, 0.25) is 0 Å². The van der Waals surface area contributed by atoms with Gasteiger partial charge in [-0.25, -0.2) is 4.68 Å². The van der Waals surface area contributed by atoms with Crippen molar-refractivity contribution in [2.45, 2.75) is 33.0 Å². The van der Waals surface area contributed by atoms with E-state index < -0.39 is 6.55 Å². The Hall–Kier alpha value is -0.970. The van der Waals surface area contributed by atoms with E-state index in [-0.39, 0.29) is 0 Å². The summed E-state index contributed by atoms with van der Waals surface area (Å²) in [5.41, 5.74) is 0.538. The molecule has 0 aliphatic carbocycles. The maximum atomic E-state index is 12.4. The van der Waals surface area contributed by atoms with Crippen molar-refractivity contribution in [3.05, 3.63) is 18.0 Å². The lowest BCUT2D eigenvalue weighted by Gasteiger charge is -2.21. The van der Waals surface area contributed by atoms with Crippen LogP contribution in [-0.2, 0) is 6.54 Å². The molecule has 0 saturated heterocycles. The average molecular weight is 203 g/mol. The lowest BCUT2D eigenvalue weighted by Crippen LogP contribution is -2.27. The standard InChI is InChI=1S/C9H15F2N3/c1-7(2)13(3)6-8-4-5-12-14(8)9(10)11/h4-5,7,9H,6H2,1-3H3. The summed E-state index contributed by atoms with van der Waals surface area (Å²) >= 11 is 0. The Labute approximate surface area is 82.3 Å². The van der Waals surface area contributed by atoms with E-state index in [2.05, 4.69) is 5.10 Å². The molecular formula is C9H15F2N3. The van der Waals surface area contributed by atoms with Crippen LogP contribution >= 0.6 is 0 Å². The first-order chi connectivity index (χ1) is 6.52. The van der Waals surface area contributed by atoms with Crippen LogP contribution in [0.15, 0.2) is 12.3 Å². The maximum absolute atomic E-state index is 12.4. The third-order valence-electron chi connectivity index (χ3n) is 2.23. The van der Waals surface area contributed by atoms with Gasteiger partial charge in [-0.15, -0.1) is 0 Å². The monoisotopic (exact) mass is 203 g/mol. The summed E-state index contributed by atoms with van der Waals surface area (Å²) in [4.78, 5) is 1.98. The highest BCUT2D eigenvalue weighted by molar-refractivity contribution is 5.00. The van der Waals surface area contributed by atoms with E-state index in [1.807, 2.05) is 25.8 Å². The molecule has 0 bridgehead atoms. The van der Waals surface area contributed by atoms with E-state index in [1.165, 1.54) is 6.20 Å². The SMILES string of the molecule is CC(C)N(C)Cc1ccnn1C(F)F. The predicted molar refractivity (Wildman–Crippen MR) is 50.1 cm³/mol. The van der Waals surface area contributed by atoms with E-state index >= 15 is 0 Å². The molecule has 1 aromatic heterocycles. The Balaban J connectivity index is 2.71. The molecule has 3 nitrogen and oxygen atoms in total. The Bertz CT molecular complexity index is 283. The van der Waals surface area contributed by atoms with Crippen LogP contribution in [0.5, 0.6) is 0 Å². The fraction of sp³-hybridized carbons (Fsp3) is 0.667. The molecule has 0 fully saturated rings. The first kappa shape index (κ1) is 11.1. The summed E-state index contributed by atoms with van der Waals surface area (Å²) in [5.74, 6) is 0. The maximum Gasteiger partial charge on any atom is 0.333 e. The zero-order chi connectivity index (χ0) is 10.7. The molecule has 0 atom stereocenters. The zero-order valence-electron chi connectivity index (χ0n) is 8.61. The lowest BCUT2D eigenvalue weighted by molar-refractivity contribution is 0.0505. The van der Waals surface area contributed by atoms with Crippen molar-refractivity contribution in [1.82, 2.24) is 14.7 Å². The molecule has 0 radical (unpaired) electrons. The summed E-state index contributed by atoms with van der Waals surface area (Å²) in [7, 11) is 1.90. The van der Waals surface area contributed by atoms with Gasteiger partial charge in [-0.05, 0) is 27.0 Å². The minimum Gasteiger partial charge on any atom is -0.298 e. The van der Waals surface area contributed by atoms with Gasteiger partial charge in [0.15, 0.2) is 0 Å². The summed E-state index contributed by atoms with van der Waals surface area (Å²) in [5, 5.41) is 3.57. The van der Waals surface area contributed by atoms with Crippen molar-refractivity contribution in [3.8, 4) is 0 Å². The number of hydrogen-bond donors (Lipinski definition) is 0. The number of hydrogen-bond acceptors (Lipinski definition) is 2. The Morgan fingerprint density at radius 3 is 2.64 bits per heavy atom. The van der Waals surface area contributed by atoms with Crippen LogP contribution in [-0.4, -0.2) is 27.8 Å². The van der Waals surface area contributed by atoms with Gasteiger partial charge < -0.3 is 0 Å². The van der Waals surface area contributed by atoms with Crippen molar-refractivity contribution in [3.63, 3.8) is 0 Å². The molecule has 14 heavy (non-hydrogen) atoms. The molecule has 5 heteroatoms. The smallest absolute Gasteiger partial charge is 0.298 e. The topological polar surface area (TPSA) is 21.1 Å². The van der Waals surface area contributed by atoms with Crippen LogP contribution in [0.25, 0.3) is 0 Å². The lowest BCUT2D eigenvalue weighted by atomic mass is 10.3. The van der Waals surface area contributed by atoms with E-state index in [0.29, 0.717) is 18.3 Å². The third kappa shape index (κ3) is 2.51. The van der Waals surface area contributed by atoms with Crippen LogP contribution < -0.4 is 0 Å². The second-order valence-electron chi connectivity index (χ2n) is 3.55. The van der Waals surface area contributed by atoms with Crippen molar-refractivity contribution < 1.29 is 8.78 Å². The zero-order valence-corrected chi connectivity index (χ0v) is 8.61. The fourth-order valence-electron chi connectivity index (χ4n) is 1.08. The number of halogens is 2. The van der Waals surface area contributed by atoms with E-state index in [0.717, 1.165) is 4.68 Å². The number of alkyl halides is 2. The quantitative estimate of drug-likeness (QED) is 0.747. The van der Waals surface area contributed by atoms with Gasteiger partial charge in [0.2, 0.25) is 0 Å². The summed E-state index contributed by atoms with van der Waals surface area (Å²) in [6.45, 7) is 1.97. The minimum absolute atomic E-state index is 0.330. The van der Waals surface area contributed by atoms with Crippen LogP contribution in [0.3, 0.4) is 0 Å². The Morgan fingerprint density at radius 1 is 1.50 bits per heavy atom. The summed E-state index contributed by atoms with van der Waals surface area (Å²) < 4.78 is 25.5. The minimum atomic E-state index is -2.56. The average Bonchev–Trinajstić information content (AvgIpc) is 2.52. The molecule has 0 aliphatic heterocycles. The molecule has 0 aliphatic rings. The van der Waals surface area contributed by atoms with Crippen LogP contribution in [0.1, 0.15) is 26.1 Å². The third-order valence-corrected chi connectivity index (χ3v) is 2.23. The highest BCUT2D eigenvalue weighted by Crippen LogP contribution is 2.13. The second-order valence-corrected chi connectivity index (χ2v) is 3.55. The fourth-order valence-corrected chi connectivity index (χ4v) is 1.08. The molecule has 0 unspecified atom stereocenters. The molecule has 0 saturated carbocycles. The first-order valence-electron chi connectivity index (χ1n) is 4.53. The van der Waals surface area contributed by atoms with Gasteiger partial charge in [-0.1, -0.05) is 0 Å². The van der Waals surface area contributed by atoms with Crippen molar-refractivity contribution in [2.24, 2.45) is 0 Å². The second kappa shape index (κ2) is 4.50. The molecule has 0 N–H and O–H groups in total. The van der Waals surface area contributed by atoms with Crippen molar-refractivity contribution >= 4 is 0 Å². The van der Waals surface area contributed by atoms with Crippen molar-refractivity contribution in [1.29, 1.82) is 0 Å². The van der Waals surface area contributed by atoms with Gasteiger partial charge in [0, 0.05) is 18.8 Å². The Morgan fingerprint density at radius 2 is 2.14 bits per heavy atom. The Kier molecular flexibility index (Phi) is 3.57. The molecule has 80 valence electrons. The summed E-state index contributed by atoms with van der Waals surface area (Å²) in [6.07, 6.45) is 1.40. The van der Waals surface area contributed by atoms with Gasteiger partial charge in [0.1, 0.15) is 0 Å². The molecular weight excluding hydrogens is 188 g/mol. The molecule has 0 aromatic carbocycles. The molecule has 0 spiro atoms. The van der Waals surface area contributed by atoms with Gasteiger partial charge >= 0.3 is 6.55 Å². The number of aromatic nitrogens is 2. The van der Waals surface area contributed by atoms with E-state index in [1.54, 1.807) is 6.07 Å². The van der Waals surface area contributed by atoms with E-state index in [4.69, 9.17) is 0 Å².